The summed E-state index contributed by atoms with van der Waals surface area (Å²) in [7, 11) is 0. The zero-order valence-electron chi connectivity index (χ0n) is 17.6. The van der Waals surface area contributed by atoms with Crippen LogP contribution in [0.15, 0.2) is 26.5 Å². The van der Waals surface area contributed by atoms with Gasteiger partial charge in [-0.1, -0.05) is 46.5 Å². The fourth-order valence-electron chi connectivity index (χ4n) is 5.01. The predicted molar refractivity (Wildman–Crippen MR) is 117 cm³/mol. The lowest BCUT2D eigenvalue weighted by Crippen LogP contribution is -2.26. The molecule has 1 fully saturated rings. The van der Waals surface area contributed by atoms with Gasteiger partial charge >= 0.3 is 0 Å². The maximum Gasteiger partial charge on any atom is 0.196 e. The summed E-state index contributed by atoms with van der Waals surface area (Å²) >= 11 is 0. The first-order valence-electron chi connectivity index (χ1n) is 11.0. The molecule has 2 heterocycles. The summed E-state index contributed by atoms with van der Waals surface area (Å²) in [6, 6.07) is 4.31. The summed E-state index contributed by atoms with van der Waals surface area (Å²) in [4.78, 5) is 14.3. The van der Waals surface area contributed by atoms with Crippen molar-refractivity contribution in [1.82, 2.24) is 4.98 Å². The third-order valence-electron chi connectivity index (χ3n) is 6.65. The molecule has 1 aromatic carbocycles. The Morgan fingerprint density at radius 1 is 1.07 bits per heavy atom. The lowest BCUT2D eigenvalue weighted by Gasteiger charge is -2.32. The van der Waals surface area contributed by atoms with Gasteiger partial charge < -0.3 is 4.42 Å². The quantitative estimate of drug-likeness (QED) is 0.603. The Balaban J connectivity index is 1.73. The van der Waals surface area contributed by atoms with Crippen LogP contribution in [0.1, 0.15) is 83.6 Å². The van der Waals surface area contributed by atoms with Gasteiger partial charge in [-0.3, -0.25) is 9.98 Å². The summed E-state index contributed by atoms with van der Waals surface area (Å²) in [6.07, 6.45) is 14.4. The van der Waals surface area contributed by atoms with E-state index < -0.39 is 0 Å². The molecule has 1 aromatic heterocycles. The molecular formula is C24H33N3O. The minimum absolute atomic E-state index is 0.0229. The molecule has 28 heavy (non-hydrogen) atoms. The number of fused-ring (bicyclic) bond motifs is 2. The van der Waals surface area contributed by atoms with Gasteiger partial charge in [0.25, 0.3) is 0 Å². The predicted octanol–water partition coefficient (Wildman–Crippen LogP) is 6.58. The Morgan fingerprint density at radius 2 is 1.89 bits per heavy atom. The lowest BCUT2D eigenvalue weighted by atomic mass is 9.73. The van der Waals surface area contributed by atoms with Crippen molar-refractivity contribution in [1.29, 1.82) is 0 Å². The summed E-state index contributed by atoms with van der Waals surface area (Å²) in [5.74, 6) is 0.883. The van der Waals surface area contributed by atoms with Crippen molar-refractivity contribution in [2.45, 2.75) is 84.0 Å². The van der Waals surface area contributed by atoms with E-state index in [2.05, 4.69) is 37.9 Å². The van der Waals surface area contributed by atoms with E-state index in [1.807, 2.05) is 12.4 Å². The number of aromatic nitrogens is 1. The molecule has 1 saturated carbocycles. The van der Waals surface area contributed by atoms with Crippen LogP contribution in [0.4, 0.5) is 5.69 Å². The summed E-state index contributed by atoms with van der Waals surface area (Å²) in [6.45, 7) is 7.74. The lowest BCUT2D eigenvalue weighted by molar-refractivity contribution is 0.200. The van der Waals surface area contributed by atoms with E-state index in [1.165, 1.54) is 37.7 Å². The minimum Gasteiger partial charge on any atom is -0.441 e. The van der Waals surface area contributed by atoms with Gasteiger partial charge in [0.15, 0.2) is 11.5 Å². The number of rotatable bonds is 4. The second kappa shape index (κ2) is 7.81. The maximum absolute atomic E-state index is 6.22. The van der Waals surface area contributed by atoms with Crippen molar-refractivity contribution in [3.63, 3.8) is 0 Å². The van der Waals surface area contributed by atoms with E-state index in [0.717, 1.165) is 54.9 Å². The van der Waals surface area contributed by atoms with Crippen LogP contribution >= 0.6 is 0 Å². The average Bonchev–Trinajstić information content (AvgIpc) is 3.06. The standard InChI is InChI=1S/C24H33N3O/c1-4-9-24(3)17-25-12-8-13-26-19-15-21-20(14-18(19)24)27-22(28-21)16-23(2)10-6-5-7-11-23/h12-15H,4-11,16-17H2,1-3H3. The van der Waals surface area contributed by atoms with Crippen LogP contribution in [0.25, 0.3) is 11.1 Å². The Morgan fingerprint density at radius 3 is 2.68 bits per heavy atom. The third kappa shape index (κ3) is 3.92. The number of oxazole rings is 1. The molecule has 150 valence electrons. The maximum atomic E-state index is 6.22. The highest BCUT2D eigenvalue weighted by Crippen LogP contribution is 2.41. The molecule has 2 aromatic rings. The van der Waals surface area contributed by atoms with Crippen LogP contribution < -0.4 is 0 Å². The first kappa shape index (κ1) is 19.4. The highest BCUT2D eigenvalue weighted by molar-refractivity contribution is 5.85. The van der Waals surface area contributed by atoms with Gasteiger partial charge in [0, 0.05) is 43.3 Å². The second-order valence-electron chi connectivity index (χ2n) is 9.37. The number of nitrogens with zero attached hydrogens (tertiary/aromatic N) is 3. The molecular weight excluding hydrogens is 346 g/mol. The van der Waals surface area contributed by atoms with Crippen LogP contribution in [0, 0.1) is 5.41 Å². The molecule has 0 saturated heterocycles. The van der Waals surface area contributed by atoms with E-state index in [1.54, 1.807) is 0 Å². The molecule has 0 N–H and O–H groups in total. The van der Waals surface area contributed by atoms with Crippen molar-refractivity contribution in [3.8, 4) is 0 Å². The van der Waals surface area contributed by atoms with Crippen molar-refractivity contribution in [2.75, 3.05) is 6.54 Å². The molecule has 0 amide bonds. The molecule has 4 heteroatoms. The van der Waals surface area contributed by atoms with E-state index >= 15 is 0 Å². The number of hydrogen-bond acceptors (Lipinski definition) is 4. The van der Waals surface area contributed by atoms with Gasteiger partial charge in [-0.15, -0.1) is 0 Å². The van der Waals surface area contributed by atoms with Gasteiger partial charge in [0.1, 0.15) is 5.52 Å². The van der Waals surface area contributed by atoms with E-state index in [0.29, 0.717) is 5.41 Å². The van der Waals surface area contributed by atoms with E-state index in [4.69, 9.17) is 14.4 Å². The van der Waals surface area contributed by atoms with Crippen molar-refractivity contribution in [3.05, 3.63) is 23.6 Å². The Bertz CT molecular complexity index is 889. The topological polar surface area (TPSA) is 50.8 Å². The van der Waals surface area contributed by atoms with E-state index in [9.17, 15) is 0 Å². The van der Waals surface area contributed by atoms with Gasteiger partial charge in [-0.05, 0) is 36.3 Å². The second-order valence-corrected chi connectivity index (χ2v) is 9.37. The molecule has 0 spiro atoms. The molecule has 0 radical (unpaired) electrons. The minimum atomic E-state index is -0.0229. The Hall–Kier alpha value is -1.97. The molecule has 4 rings (SSSR count). The van der Waals surface area contributed by atoms with Gasteiger partial charge in [-0.25, -0.2) is 4.98 Å². The molecule has 1 aliphatic carbocycles. The summed E-state index contributed by atoms with van der Waals surface area (Å²) < 4.78 is 6.22. The van der Waals surface area contributed by atoms with Crippen LogP contribution in [0.3, 0.4) is 0 Å². The number of aliphatic imine (C=N–C) groups is 2. The van der Waals surface area contributed by atoms with Crippen molar-refractivity contribution < 1.29 is 4.42 Å². The molecule has 1 aliphatic heterocycles. The first-order valence-corrected chi connectivity index (χ1v) is 11.0. The van der Waals surface area contributed by atoms with Crippen LogP contribution in [-0.4, -0.2) is 24.0 Å². The summed E-state index contributed by atoms with van der Waals surface area (Å²) in [5, 5.41) is 0. The first-order chi connectivity index (χ1) is 13.5. The fraction of sp³-hybridized carbons (Fsp3) is 0.625. The van der Waals surface area contributed by atoms with Crippen LogP contribution in [0.5, 0.6) is 0 Å². The molecule has 1 unspecified atom stereocenters. The van der Waals surface area contributed by atoms with Crippen LogP contribution in [0.2, 0.25) is 0 Å². The Labute approximate surface area is 168 Å². The third-order valence-corrected chi connectivity index (χ3v) is 6.65. The van der Waals surface area contributed by atoms with Crippen molar-refractivity contribution in [2.24, 2.45) is 15.4 Å². The van der Waals surface area contributed by atoms with E-state index in [-0.39, 0.29) is 5.41 Å². The molecule has 1 atom stereocenters. The zero-order valence-corrected chi connectivity index (χ0v) is 17.6. The van der Waals surface area contributed by atoms with Gasteiger partial charge in [-0.2, -0.15) is 0 Å². The van der Waals surface area contributed by atoms with Crippen LogP contribution in [-0.2, 0) is 11.8 Å². The highest BCUT2D eigenvalue weighted by atomic mass is 16.3. The van der Waals surface area contributed by atoms with Crippen molar-refractivity contribution >= 4 is 29.2 Å². The highest BCUT2D eigenvalue weighted by Gasteiger charge is 2.31. The average molecular weight is 380 g/mol. The number of hydrogen-bond donors (Lipinski definition) is 0. The largest absolute Gasteiger partial charge is 0.441 e. The zero-order chi connectivity index (χ0) is 19.6. The molecule has 4 nitrogen and oxygen atoms in total. The SMILES string of the molecule is CCCC1(C)CN=CCC=Nc2cc3oc(CC4(C)CCCCC4)nc3cc21. The Kier molecular flexibility index (Phi) is 5.39. The van der Waals surface area contributed by atoms with Gasteiger partial charge in [0.05, 0.1) is 5.69 Å². The number of benzene rings is 1. The fourth-order valence-corrected chi connectivity index (χ4v) is 5.01. The smallest absolute Gasteiger partial charge is 0.196 e. The summed E-state index contributed by atoms with van der Waals surface area (Å²) in [5.41, 5.74) is 4.40. The molecule has 2 aliphatic rings. The monoisotopic (exact) mass is 379 g/mol. The normalized spacial score (nSPS) is 24.5. The van der Waals surface area contributed by atoms with Gasteiger partial charge in [0.2, 0.25) is 0 Å². The molecule has 0 bridgehead atoms.